The summed E-state index contributed by atoms with van der Waals surface area (Å²) in [4.78, 5) is 12.0. The molecule has 25 heavy (non-hydrogen) atoms. The molecule has 1 aliphatic heterocycles. The average Bonchev–Trinajstić information content (AvgIpc) is 2.59. The molecule has 0 bridgehead atoms. The number of piperidine rings is 1. The number of hydrogen-bond acceptors (Lipinski definition) is 5. The second kappa shape index (κ2) is 9.52. The zero-order valence-corrected chi connectivity index (χ0v) is 16.6. The van der Waals surface area contributed by atoms with Crippen LogP contribution in [0, 0.1) is 6.92 Å². The lowest BCUT2D eigenvalue weighted by molar-refractivity contribution is 0.0600. The Morgan fingerprint density at radius 2 is 1.96 bits per heavy atom. The van der Waals surface area contributed by atoms with Gasteiger partial charge in [0.2, 0.25) is 10.0 Å². The topological polar surface area (TPSA) is 75.7 Å². The van der Waals surface area contributed by atoms with E-state index in [1.165, 1.54) is 13.2 Å². The molecule has 0 amide bonds. The lowest BCUT2D eigenvalue weighted by Gasteiger charge is -2.34. The molecule has 6 nitrogen and oxygen atoms in total. The van der Waals surface area contributed by atoms with Gasteiger partial charge in [0, 0.05) is 12.6 Å². The molecule has 1 fully saturated rings. The number of nitrogens with zero attached hydrogens (tertiary/aromatic N) is 1. The van der Waals surface area contributed by atoms with Gasteiger partial charge in [-0.05, 0) is 57.0 Å². The summed E-state index contributed by atoms with van der Waals surface area (Å²) in [5.74, 6) is -0.532. The van der Waals surface area contributed by atoms with Gasteiger partial charge in [-0.2, -0.15) is 4.31 Å². The molecule has 1 aliphatic rings. The summed E-state index contributed by atoms with van der Waals surface area (Å²) >= 11 is 0. The molecule has 0 atom stereocenters. The Kier molecular flexibility index (Phi) is 8.34. The quantitative estimate of drug-likeness (QED) is 0.754. The Morgan fingerprint density at radius 1 is 1.32 bits per heavy atom. The van der Waals surface area contributed by atoms with Crippen molar-refractivity contribution in [1.29, 1.82) is 0 Å². The smallest absolute Gasteiger partial charge is 0.337 e. The van der Waals surface area contributed by atoms with Crippen LogP contribution in [-0.4, -0.2) is 51.5 Å². The Balaban J connectivity index is 0.00000312. The van der Waals surface area contributed by atoms with Crippen LogP contribution in [0.1, 0.15) is 42.1 Å². The predicted octanol–water partition coefficient (Wildman–Crippen LogP) is 2.36. The summed E-state index contributed by atoms with van der Waals surface area (Å²) < 4.78 is 32.8. The second-order valence-electron chi connectivity index (χ2n) is 6.07. The lowest BCUT2D eigenvalue weighted by Crippen LogP contribution is -2.46. The molecular weight excluding hydrogens is 364 g/mol. The minimum atomic E-state index is -3.66. The zero-order chi connectivity index (χ0) is 17.7. The van der Waals surface area contributed by atoms with Gasteiger partial charge in [0.25, 0.3) is 0 Å². The number of carbonyl (C=O) groups excluding carboxylic acids is 1. The van der Waals surface area contributed by atoms with E-state index in [9.17, 15) is 13.2 Å². The highest BCUT2D eigenvalue weighted by molar-refractivity contribution is 7.89. The molecule has 0 spiro atoms. The highest BCUT2D eigenvalue weighted by Crippen LogP contribution is 2.26. The van der Waals surface area contributed by atoms with E-state index in [1.54, 1.807) is 23.4 Å². The number of nitrogens with one attached hydrogen (secondary N) is 1. The molecule has 1 aromatic rings. The van der Waals surface area contributed by atoms with Gasteiger partial charge in [0.05, 0.1) is 17.6 Å². The maximum absolute atomic E-state index is 13.3. The Morgan fingerprint density at radius 3 is 2.52 bits per heavy atom. The van der Waals surface area contributed by atoms with E-state index in [2.05, 4.69) is 5.32 Å². The number of methoxy groups -OCH3 is 1. The van der Waals surface area contributed by atoms with Gasteiger partial charge in [0.15, 0.2) is 0 Å². The fourth-order valence-corrected chi connectivity index (χ4v) is 5.09. The van der Waals surface area contributed by atoms with Crippen LogP contribution in [0.3, 0.4) is 0 Å². The summed E-state index contributed by atoms with van der Waals surface area (Å²) in [6.45, 7) is 5.85. The first-order valence-corrected chi connectivity index (χ1v) is 9.77. The number of benzene rings is 1. The monoisotopic (exact) mass is 390 g/mol. The standard InChI is InChI=1S/C17H26N2O4S.ClH/c1-4-11-19(15-7-9-18-10-8-15)24(21,22)16-12-14(17(20)23-3)6-5-13(16)2;/h5-6,12,15,18H,4,7-11H2,1-3H3;1H. The first-order valence-electron chi connectivity index (χ1n) is 8.33. The minimum Gasteiger partial charge on any atom is -0.465 e. The SMILES string of the molecule is CCCN(C1CCNCC1)S(=O)(=O)c1cc(C(=O)OC)ccc1C.Cl. The van der Waals surface area contributed by atoms with Gasteiger partial charge in [-0.25, -0.2) is 13.2 Å². The van der Waals surface area contributed by atoms with Crippen LogP contribution >= 0.6 is 12.4 Å². The van der Waals surface area contributed by atoms with Gasteiger partial charge in [-0.1, -0.05) is 13.0 Å². The third-order valence-corrected chi connectivity index (χ3v) is 6.45. The van der Waals surface area contributed by atoms with E-state index in [0.29, 0.717) is 12.1 Å². The van der Waals surface area contributed by atoms with Crippen molar-refractivity contribution in [2.75, 3.05) is 26.7 Å². The normalized spacial score (nSPS) is 15.7. The van der Waals surface area contributed by atoms with E-state index < -0.39 is 16.0 Å². The van der Waals surface area contributed by atoms with E-state index in [1.807, 2.05) is 6.92 Å². The number of aryl methyl sites for hydroxylation is 1. The fraction of sp³-hybridized carbons (Fsp3) is 0.588. The first kappa shape index (κ1) is 21.9. The minimum absolute atomic E-state index is 0. The lowest BCUT2D eigenvalue weighted by atomic mass is 10.1. The molecule has 0 aromatic heterocycles. The molecule has 0 aliphatic carbocycles. The Hall–Kier alpha value is -1.15. The number of ether oxygens (including phenoxy) is 1. The van der Waals surface area contributed by atoms with Gasteiger partial charge in [0.1, 0.15) is 0 Å². The molecule has 1 aromatic carbocycles. The maximum atomic E-state index is 13.3. The van der Waals surface area contributed by atoms with Crippen molar-refractivity contribution in [1.82, 2.24) is 9.62 Å². The average molecular weight is 391 g/mol. The zero-order valence-electron chi connectivity index (χ0n) is 14.9. The summed E-state index contributed by atoms with van der Waals surface area (Å²) in [5, 5.41) is 3.26. The van der Waals surface area contributed by atoms with Crippen LogP contribution in [0.5, 0.6) is 0 Å². The molecule has 0 radical (unpaired) electrons. The molecular formula is C17H27ClN2O4S. The molecule has 1 saturated heterocycles. The summed E-state index contributed by atoms with van der Waals surface area (Å²) in [5.41, 5.74) is 0.890. The van der Waals surface area contributed by atoms with E-state index >= 15 is 0 Å². The van der Waals surface area contributed by atoms with E-state index in [4.69, 9.17) is 4.74 Å². The van der Waals surface area contributed by atoms with Crippen molar-refractivity contribution in [3.63, 3.8) is 0 Å². The van der Waals surface area contributed by atoms with Crippen LogP contribution in [0.25, 0.3) is 0 Å². The first-order chi connectivity index (χ1) is 11.4. The van der Waals surface area contributed by atoms with Crippen LogP contribution in [0.4, 0.5) is 0 Å². The molecule has 0 unspecified atom stereocenters. The predicted molar refractivity (Wildman–Crippen MR) is 99.8 cm³/mol. The maximum Gasteiger partial charge on any atom is 0.337 e. The summed E-state index contributed by atoms with van der Waals surface area (Å²) in [7, 11) is -2.37. The molecule has 1 heterocycles. The Labute approximate surface area is 156 Å². The number of rotatable bonds is 6. The van der Waals surface area contributed by atoms with Crippen LogP contribution < -0.4 is 5.32 Å². The van der Waals surface area contributed by atoms with Crippen molar-refractivity contribution >= 4 is 28.4 Å². The van der Waals surface area contributed by atoms with Crippen molar-refractivity contribution in [3.05, 3.63) is 29.3 Å². The van der Waals surface area contributed by atoms with Crippen molar-refractivity contribution < 1.29 is 17.9 Å². The fourth-order valence-electron chi connectivity index (χ4n) is 3.06. The third-order valence-electron chi connectivity index (χ3n) is 4.36. The van der Waals surface area contributed by atoms with Gasteiger partial charge in [-0.3, -0.25) is 0 Å². The van der Waals surface area contributed by atoms with E-state index in [-0.39, 0.29) is 28.9 Å². The molecule has 1 N–H and O–H groups in total. The third kappa shape index (κ3) is 4.94. The number of sulfonamides is 1. The van der Waals surface area contributed by atoms with Gasteiger partial charge >= 0.3 is 5.97 Å². The van der Waals surface area contributed by atoms with Crippen molar-refractivity contribution in [2.24, 2.45) is 0 Å². The van der Waals surface area contributed by atoms with Crippen molar-refractivity contribution in [3.8, 4) is 0 Å². The number of esters is 1. The number of halogens is 1. The summed E-state index contributed by atoms with van der Waals surface area (Å²) in [6, 6.07) is 4.68. The molecule has 0 saturated carbocycles. The number of carbonyl (C=O) groups is 1. The highest BCUT2D eigenvalue weighted by atomic mass is 35.5. The largest absolute Gasteiger partial charge is 0.465 e. The second-order valence-corrected chi connectivity index (χ2v) is 7.93. The molecule has 142 valence electrons. The molecule has 8 heteroatoms. The van der Waals surface area contributed by atoms with E-state index in [0.717, 1.165) is 32.4 Å². The van der Waals surface area contributed by atoms with Gasteiger partial charge < -0.3 is 10.1 Å². The summed E-state index contributed by atoms with van der Waals surface area (Å²) in [6.07, 6.45) is 2.35. The van der Waals surface area contributed by atoms with Gasteiger partial charge in [-0.15, -0.1) is 12.4 Å². The molecule has 2 rings (SSSR count). The highest BCUT2D eigenvalue weighted by Gasteiger charge is 2.33. The number of hydrogen-bond donors (Lipinski definition) is 1. The van der Waals surface area contributed by atoms with Crippen LogP contribution in [0.2, 0.25) is 0 Å². The Bertz CT molecular complexity index is 688. The van der Waals surface area contributed by atoms with Crippen molar-refractivity contribution in [2.45, 2.75) is 44.0 Å². The van der Waals surface area contributed by atoms with Crippen LogP contribution in [-0.2, 0) is 14.8 Å². The van der Waals surface area contributed by atoms with Crippen LogP contribution in [0.15, 0.2) is 23.1 Å².